The van der Waals surface area contributed by atoms with E-state index in [-0.39, 0.29) is 22.7 Å². The summed E-state index contributed by atoms with van der Waals surface area (Å²) in [6.07, 6.45) is -4.78. The van der Waals surface area contributed by atoms with Crippen LogP contribution in [0.2, 0.25) is 0 Å². The predicted octanol–water partition coefficient (Wildman–Crippen LogP) is 5.49. The van der Waals surface area contributed by atoms with Crippen LogP contribution in [0.3, 0.4) is 0 Å². The molecule has 0 bridgehead atoms. The zero-order valence-electron chi connectivity index (χ0n) is 20.7. The van der Waals surface area contributed by atoms with Crippen molar-refractivity contribution in [2.45, 2.75) is 45.4 Å². The molecule has 2 amide bonds. The maximum absolute atomic E-state index is 15.4. The van der Waals surface area contributed by atoms with Crippen molar-refractivity contribution >= 4 is 46.5 Å². The first-order chi connectivity index (χ1) is 18.0. The standard InChI is InChI=1S/C27H24F2N2O6S/c1-15-12-13-38-23(15)25(34)30-19-10-8-18(9-11-19)26(35)31-21-7-5-4-6-20(21)24(37-17(3)33)27(28,29)14-22(31)36-16(2)32/h4-13,22,24H,14H2,1-3H3,(H,30,34). The van der Waals surface area contributed by atoms with Gasteiger partial charge >= 0.3 is 11.9 Å². The Morgan fingerprint density at radius 1 is 0.974 bits per heavy atom. The van der Waals surface area contributed by atoms with Crippen LogP contribution in [0.15, 0.2) is 60.0 Å². The summed E-state index contributed by atoms with van der Waals surface area (Å²) in [6, 6.07) is 13.5. The minimum atomic E-state index is -3.66. The fourth-order valence-electron chi connectivity index (χ4n) is 4.21. The van der Waals surface area contributed by atoms with Gasteiger partial charge in [-0.05, 0) is 54.3 Å². The van der Waals surface area contributed by atoms with Gasteiger partial charge in [-0.1, -0.05) is 18.2 Å². The lowest BCUT2D eigenvalue weighted by molar-refractivity contribution is -0.181. The number of alkyl halides is 2. The molecule has 2 atom stereocenters. The SMILES string of the molecule is CC(=O)OC1CC(F)(F)C(OC(C)=O)c2ccccc2N1C(=O)c1ccc(NC(=O)c2sccc2C)cc1. The molecule has 3 aromatic rings. The molecule has 0 spiro atoms. The number of thiophene rings is 1. The average Bonchev–Trinajstić information content (AvgIpc) is 3.25. The summed E-state index contributed by atoms with van der Waals surface area (Å²) in [5, 5.41) is 4.56. The second-order valence-corrected chi connectivity index (χ2v) is 9.63. The normalized spacial score (nSPS) is 18.1. The Labute approximate surface area is 221 Å². The molecule has 0 saturated heterocycles. The molecule has 11 heteroatoms. The molecule has 1 aliphatic rings. The van der Waals surface area contributed by atoms with E-state index in [1.165, 1.54) is 59.9 Å². The molecule has 1 N–H and O–H groups in total. The number of carbonyl (C=O) groups excluding carboxylic acids is 4. The van der Waals surface area contributed by atoms with Gasteiger partial charge in [0, 0.05) is 30.7 Å². The zero-order chi connectivity index (χ0) is 27.6. The van der Waals surface area contributed by atoms with Gasteiger partial charge in [-0.25, -0.2) is 8.78 Å². The maximum Gasteiger partial charge on any atom is 0.304 e. The number of hydrogen-bond acceptors (Lipinski definition) is 7. The molecule has 4 rings (SSSR count). The minimum absolute atomic E-state index is 0.0118. The molecule has 38 heavy (non-hydrogen) atoms. The van der Waals surface area contributed by atoms with E-state index in [1.54, 1.807) is 5.38 Å². The molecule has 198 valence electrons. The molecule has 1 aliphatic heterocycles. The van der Waals surface area contributed by atoms with Gasteiger partial charge in [0.05, 0.1) is 17.0 Å². The quantitative estimate of drug-likeness (QED) is 0.428. The third-order valence-electron chi connectivity index (χ3n) is 5.86. The Kier molecular flexibility index (Phi) is 7.58. The minimum Gasteiger partial charge on any atom is -0.451 e. The number of esters is 2. The zero-order valence-corrected chi connectivity index (χ0v) is 21.5. The Bertz CT molecular complexity index is 1390. The Morgan fingerprint density at radius 2 is 1.63 bits per heavy atom. The summed E-state index contributed by atoms with van der Waals surface area (Å²) >= 11 is 1.30. The highest BCUT2D eigenvalue weighted by Gasteiger charge is 2.52. The molecule has 0 fully saturated rings. The lowest BCUT2D eigenvalue weighted by atomic mass is 10.0. The molecule has 2 heterocycles. The number of halogens is 2. The highest BCUT2D eigenvalue weighted by molar-refractivity contribution is 7.12. The van der Waals surface area contributed by atoms with Crippen LogP contribution in [0.5, 0.6) is 0 Å². The number of fused-ring (bicyclic) bond motifs is 1. The largest absolute Gasteiger partial charge is 0.451 e. The topological polar surface area (TPSA) is 102 Å². The lowest BCUT2D eigenvalue weighted by Gasteiger charge is -2.31. The van der Waals surface area contributed by atoms with Gasteiger partial charge in [0.15, 0.2) is 12.3 Å². The monoisotopic (exact) mass is 542 g/mol. The van der Waals surface area contributed by atoms with Crippen molar-refractivity contribution in [2.24, 2.45) is 0 Å². The van der Waals surface area contributed by atoms with Crippen molar-refractivity contribution in [2.75, 3.05) is 10.2 Å². The van der Waals surface area contributed by atoms with Gasteiger partial charge < -0.3 is 14.8 Å². The van der Waals surface area contributed by atoms with Crippen LogP contribution < -0.4 is 10.2 Å². The molecular formula is C27H24F2N2O6S. The van der Waals surface area contributed by atoms with Crippen molar-refractivity contribution in [3.63, 3.8) is 0 Å². The summed E-state index contributed by atoms with van der Waals surface area (Å²) in [5.74, 6) is -6.48. The molecule has 0 radical (unpaired) electrons. The van der Waals surface area contributed by atoms with E-state index in [2.05, 4.69) is 5.32 Å². The van der Waals surface area contributed by atoms with Crippen molar-refractivity contribution in [3.8, 4) is 0 Å². The van der Waals surface area contributed by atoms with Gasteiger partial charge in [0.2, 0.25) is 0 Å². The van der Waals surface area contributed by atoms with Crippen molar-refractivity contribution in [3.05, 3.63) is 81.5 Å². The molecule has 2 unspecified atom stereocenters. The van der Waals surface area contributed by atoms with E-state index in [4.69, 9.17) is 9.47 Å². The van der Waals surface area contributed by atoms with Gasteiger partial charge in [-0.2, -0.15) is 0 Å². The number of nitrogens with one attached hydrogen (secondary N) is 1. The first-order valence-corrected chi connectivity index (χ1v) is 12.5. The highest BCUT2D eigenvalue weighted by atomic mass is 32.1. The summed E-state index contributed by atoms with van der Waals surface area (Å²) in [5.41, 5.74) is 1.26. The number of rotatable bonds is 5. The van der Waals surface area contributed by atoms with Crippen LogP contribution in [0, 0.1) is 6.92 Å². The van der Waals surface area contributed by atoms with E-state index in [0.29, 0.717) is 10.6 Å². The number of hydrogen-bond donors (Lipinski definition) is 1. The first kappa shape index (κ1) is 26.9. The van der Waals surface area contributed by atoms with Crippen LogP contribution in [0.25, 0.3) is 0 Å². The number of anilines is 2. The van der Waals surface area contributed by atoms with Gasteiger partial charge in [-0.15, -0.1) is 11.3 Å². The fourth-order valence-corrected chi connectivity index (χ4v) is 5.03. The van der Waals surface area contributed by atoms with Gasteiger partial charge in [0.1, 0.15) is 0 Å². The van der Waals surface area contributed by atoms with Crippen LogP contribution in [-0.2, 0) is 19.1 Å². The number of ether oxygens (including phenoxy) is 2. The van der Waals surface area contributed by atoms with Gasteiger partial charge in [-0.3, -0.25) is 24.1 Å². The number of aryl methyl sites for hydroxylation is 1. The Morgan fingerprint density at radius 3 is 2.24 bits per heavy atom. The second kappa shape index (κ2) is 10.7. The summed E-state index contributed by atoms with van der Waals surface area (Å²) < 4.78 is 40.9. The third kappa shape index (κ3) is 5.57. The number of amides is 2. The molecule has 1 aromatic heterocycles. The smallest absolute Gasteiger partial charge is 0.304 e. The maximum atomic E-state index is 15.4. The molecule has 0 aliphatic carbocycles. The number of para-hydroxylation sites is 1. The summed E-state index contributed by atoms with van der Waals surface area (Å²) in [6.45, 7) is 3.88. The molecular weight excluding hydrogens is 518 g/mol. The second-order valence-electron chi connectivity index (χ2n) is 8.72. The van der Waals surface area contributed by atoms with Gasteiger partial charge in [0.25, 0.3) is 17.7 Å². The van der Waals surface area contributed by atoms with Crippen molar-refractivity contribution < 1.29 is 37.4 Å². The molecule has 2 aromatic carbocycles. The highest BCUT2D eigenvalue weighted by Crippen LogP contribution is 2.47. The first-order valence-electron chi connectivity index (χ1n) is 11.6. The number of benzene rings is 2. The Balaban J connectivity index is 1.70. The van der Waals surface area contributed by atoms with E-state index in [9.17, 15) is 19.2 Å². The van der Waals surface area contributed by atoms with Crippen molar-refractivity contribution in [1.29, 1.82) is 0 Å². The van der Waals surface area contributed by atoms with E-state index in [0.717, 1.165) is 24.3 Å². The third-order valence-corrected chi connectivity index (χ3v) is 6.88. The Hall–Kier alpha value is -4.12. The van der Waals surface area contributed by atoms with Crippen LogP contribution in [0.4, 0.5) is 20.2 Å². The summed E-state index contributed by atoms with van der Waals surface area (Å²) in [7, 11) is 0. The molecule has 0 saturated carbocycles. The van der Waals surface area contributed by atoms with Crippen LogP contribution >= 0.6 is 11.3 Å². The number of nitrogens with zero attached hydrogens (tertiary/aromatic N) is 1. The summed E-state index contributed by atoms with van der Waals surface area (Å²) in [4.78, 5) is 51.3. The van der Waals surface area contributed by atoms with Crippen LogP contribution in [0.1, 0.15) is 57.5 Å². The fraction of sp³-hybridized carbons (Fsp3) is 0.259. The molecule has 8 nitrogen and oxygen atoms in total. The van der Waals surface area contributed by atoms with E-state index >= 15 is 8.78 Å². The van der Waals surface area contributed by atoms with Crippen molar-refractivity contribution in [1.82, 2.24) is 0 Å². The predicted molar refractivity (Wildman–Crippen MR) is 136 cm³/mol. The lowest BCUT2D eigenvalue weighted by Crippen LogP contribution is -2.45. The number of carbonyl (C=O) groups is 4. The van der Waals surface area contributed by atoms with E-state index in [1.807, 2.05) is 13.0 Å². The van der Waals surface area contributed by atoms with Crippen LogP contribution in [-0.4, -0.2) is 35.9 Å². The average molecular weight is 543 g/mol. The van der Waals surface area contributed by atoms with E-state index < -0.39 is 42.5 Å².